The van der Waals surface area contributed by atoms with Gasteiger partial charge in [-0.2, -0.15) is 0 Å². The number of hydrogen-bond acceptors (Lipinski definition) is 4. The Morgan fingerprint density at radius 3 is 2.80 bits per heavy atom. The quantitative estimate of drug-likeness (QED) is 0.692. The molecular formula is C19H17ClN4O. The number of nitrogens with two attached hydrogens (primary N) is 1. The molecule has 0 radical (unpaired) electrons. The number of anilines is 2. The highest BCUT2D eigenvalue weighted by atomic mass is 35.5. The van der Waals surface area contributed by atoms with Crippen molar-refractivity contribution in [3.8, 4) is 11.1 Å². The van der Waals surface area contributed by atoms with E-state index in [9.17, 15) is 4.79 Å². The lowest BCUT2D eigenvalue weighted by Crippen LogP contribution is -2.14. The number of aromatic nitrogens is 2. The second kappa shape index (κ2) is 6.01. The summed E-state index contributed by atoms with van der Waals surface area (Å²) in [5.41, 5.74) is 9.53. The van der Waals surface area contributed by atoms with Crippen LogP contribution in [0.4, 0.5) is 11.5 Å². The molecule has 1 fully saturated rings. The number of amides is 1. The van der Waals surface area contributed by atoms with Gasteiger partial charge in [0.1, 0.15) is 5.82 Å². The van der Waals surface area contributed by atoms with Crippen molar-refractivity contribution in [3.63, 3.8) is 0 Å². The lowest BCUT2D eigenvalue weighted by atomic mass is 9.99. The molecule has 1 aliphatic rings. The van der Waals surface area contributed by atoms with Crippen molar-refractivity contribution in [2.24, 2.45) is 5.92 Å². The fourth-order valence-electron chi connectivity index (χ4n) is 2.88. The van der Waals surface area contributed by atoms with Gasteiger partial charge in [-0.25, -0.2) is 4.98 Å². The van der Waals surface area contributed by atoms with Gasteiger partial charge in [0, 0.05) is 41.0 Å². The van der Waals surface area contributed by atoms with Gasteiger partial charge in [0.2, 0.25) is 5.91 Å². The molecule has 3 aromatic rings. The average molecular weight is 353 g/mol. The number of fused-ring (bicyclic) bond motifs is 1. The first-order valence-electron chi connectivity index (χ1n) is 8.14. The Labute approximate surface area is 150 Å². The largest absolute Gasteiger partial charge is 0.397 e. The monoisotopic (exact) mass is 352 g/mol. The first kappa shape index (κ1) is 15.8. The summed E-state index contributed by atoms with van der Waals surface area (Å²) in [6.07, 6.45) is 7.07. The highest BCUT2D eigenvalue weighted by Gasteiger charge is 2.29. The van der Waals surface area contributed by atoms with E-state index in [0.29, 0.717) is 16.5 Å². The van der Waals surface area contributed by atoms with E-state index in [1.165, 1.54) is 0 Å². The Morgan fingerprint density at radius 2 is 2.08 bits per heavy atom. The Hall–Kier alpha value is -2.66. The zero-order valence-corrected chi connectivity index (χ0v) is 14.5. The van der Waals surface area contributed by atoms with Crippen LogP contribution in [0.1, 0.15) is 18.4 Å². The Bertz CT molecular complexity index is 998. The van der Waals surface area contributed by atoms with Crippen LogP contribution in [-0.2, 0) is 4.79 Å². The van der Waals surface area contributed by atoms with Crippen molar-refractivity contribution in [3.05, 3.63) is 47.4 Å². The summed E-state index contributed by atoms with van der Waals surface area (Å²) in [6.45, 7) is 2.00. The van der Waals surface area contributed by atoms with Gasteiger partial charge in [0.05, 0.1) is 10.7 Å². The first-order chi connectivity index (χ1) is 12.0. The molecule has 4 rings (SSSR count). The molecule has 0 bridgehead atoms. The summed E-state index contributed by atoms with van der Waals surface area (Å²) in [4.78, 5) is 20.4. The van der Waals surface area contributed by atoms with E-state index >= 15 is 0 Å². The van der Waals surface area contributed by atoms with Crippen molar-refractivity contribution >= 4 is 39.8 Å². The number of nitrogen functional groups attached to an aromatic ring is 1. The highest BCUT2D eigenvalue weighted by molar-refractivity contribution is 6.37. The summed E-state index contributed by atoms with van der Waals surface area (Å²) in [5.74, 6) is 0.679. The van der Waals surface area contributed by atoms with Gasteiger partial charge in [-0.3, -0.25) is 9.78 Å². The maximum atomic E-state index is 12.0. The minimum Gasteiger partial charge on any atom is -0.397 e. The molecule has 2 heterocycles. The maximum Gasteiger partial charge on any atom is 0.228 e. The second-order valence-electron chi connectivity index (χ2n) is 6.40. The molecule has 0 atom stereocenters. The van der Waals surface area contributed by atoms with Crippen LogP contribution >= 0.6 is 11.6 Å². The molecule has 0 aliphatic heterocycles. The van der Waals surface area contributed by atoms with Crippen molar-refractivity contribution < 1.29 is 4.79 Å². The van der Waals surface area contributed by atoms with Crippen LogP contribution in [0.2, 0.25) is 5.02 Å². The van der Waals surface area contributed by atoms with E-state index in [4.69, 9.17) is 17.3 Å². The molecule has 1 saturated carbocycles. The van der Waals surface area contributed by atoms with Crippen molar-refractivity contribution in [1.82, 2.24) is 9.97 Å². The van der Waals surface area contributed by atoms with E-state index in [1.807, 2.05) is 25.1 Å². The molecular weight excluding hydrogens is 336 g/mol. The summed E-state index contributed by atoms with van der Waals surface area (Å²) >= 11 is 6.50. The molecule has 0 saturated heterocycles. The van der Waals surface area contributed by atoms with Gasteiger partial charge in [-0.05, 0) is 48.9 Å². The molecule has 1 amide bonds. The zero-order valence-electron chi connectivity index (χ0n) is 13.7. The number of halogens is 1. The smallest absolute Gasteiger partial charge is 0.228 e. The normalized spacial score (nSPS) is 13.8. The summed E-state index contributed by atoms with van der Waals surface area (Å²) in [6, 6.07) is 5.73. The SMILES string of the molecule is Cc1ccncc1-c1cc2cc(NC(=O)C3CC3)ncc2c(N)c1Cl. The Kier molecular flexibility index (Phi) is 3.81. The lowest BCUT2D eigenvalue weighted by molar-refractivity contribution is -0.117. The average Bonchev–Trinajstić information content (AvgIpc) is 3.44. The predicted molar refractivity (Wildman–Crippen MR) is 100 cm³/mol. The molecule has 0 unspecified atom stereocenters. The molecule has 2 aromatic heterocycles. The third-order valence-corrected chi connectivity index (χ3v) is 4.93. The minimum absolute atomic E-state index is 0.0251. The second-order valence-corrected chi connectivity index (χ2v) is 6.77. The minimum atomic E-state index is 0.0251. The number of nitrogens with zero attached hydrogens (tertiary/aromatic N) is 2. The molecule has 126 valence electrons. The van der Waals surface area contributed by atoms with Crippen LogP contribution in [0.5, 0.6) is 0 Å². The first-order valence-corrected chi connectivity index (χ1v) is 8.52. The number of rotatable bonds is 3. The number of aryl methyl sites for hydroxylation is 1. The van der Waals surface area contributed by atoms with Gasteiger partial charge in [0.15, 0.2) is 0 Å². The van der Waals surface area contributed by atoms with Gasteiger partial charge in [0.25, 0.3) is 0 Å². The third kappa shape index (κ3) is 2.91. The molecule has 25 heavy (non-hydrogen) atoms. The maximum absolute atomic E-state index is 12.0. The van der Waals surface area contributed by atoms with Crippen LogP contribution in [0.3, 0.4) is 0 Å². The van der Waals surface area contributed by atoms with Crippen molar-refractivity contribution in [2.75, 3.05) is 11.1 Å². The number of carbonyl (C=O) groups excluding carboxylic acids is 1. The van der Waals surface area contributed by atoms with Crippen LogP contribution in [0.25, 0.3) is 21.9 Å². The van der Waals surface area contributed by atoms with Crippen LogP contribution in [-0.4, -0.2) is 15.9 Å². The zero-order chi connectivity index (χ0) is 17.6. The van der Waals surface area contributed by atoms with Gasteiger partial charge >= 0.3 is 0 Å². The van der Waals surface area contributed by atoms with Gasteiger partial charge < -0.3 is 11.1 Å². The lowest BCUT2D eigenvalue weighted by Gasteiger charge is -2.13. The van der Waals surface area contributed by atoms with E-state index in [0.717, 1.165) is 40.3 Å². The standard InChI is InChI=1S/C19H17ClN4O/c1-10-4-5-22-8-14(10)13-6-12-7-16(24-19(25)11-2-3-11)23-9-15(12)18(21)17(13)20/h4-9,11H,2-3,21H2,1H3,(H,23,24,25). The molecule has 0 spiro atoms. The molecule has 1 aromatic carbocycles. The molecule has 3 N–H and O–H groups in total. The fraction of sp³-hybridized carbons (Fsp3) is 0.211. The van der Waals surface area contributed by atoms with Crippen LogP contribution in [0.15, 0.2) is 36.8 Å². The third-order valence-electron chi connectivity index (χ3n) is 4.53. The molecule has 1 aliphatic carbocycles. The van der Waals surface area contributed by atoms with Crippen LogP contribution < -0.4 is 11.1 Å². The number of pyridine rings is 2. The Morgan fingerprint density at radius 1 is 1.28 bits per heavy atom. The highest BCUT2D eigenvalue weighted by Crippen LogP contribution is 2.39. The van der Waals surface area contributed by atoms with Crippen LogP contribution in [0, 0.1) is 12.8 Å². The van der Waals surface area contributed by atoms with Crippen molar-refractivity contribution in [1.29, 1.82) is 0 Å². The topological polar surface area (TPSA) is 80.9 Å². The van der Waals surface area contributed by atoms with Crippen molar-refractivity contribution in [2.45, 2.75) is 19.8 Å². The summed E-state index contributed by atoms with van der Waals surface area (Å²) in [7, 11) is 0. The number of hydrogen-bond donors (Lipinski definition) is 2. The number of carbonyl (C=O) groups is 1. The van der Waals surface area contributed by atoms with Gasteiger partial charge in [-0.1, -0.05) is 11.6 Å². The predicted octanol–water partition coefficient (Wildman–Crippen LogP) is 4.19. The molecule has 6 heteroatoms. The fourth-order valence-corrected chi connectivity index (χ4v) is 3.14. The van der Waals surface area contributed by atoms with E-state index in [1.54, 1.807) is 18.6 Å². The summed E-state index contributed by atoms with van der Waals surface area (Å²) in [5, 5.41) is 4.99. The number of benzene rings is 1. The number of nitrogens with one attached hydrogen (secondary N) is 1. The molecule has 5 nitrogen and oxygen atoms in total. The van der Waals surface area contributed by atoms with Gasteiger partial charge in [-0.15, -0.1) is 0 Å². The van der Waals surface area contributed by atoms with E-state index in [-0.39, 0.29) is 11.8 Å². The van der Waals surface area contributed by atoms with E-state index < -0.39 is 0 Å². The summed E-state index contributed by atoms with van der Waals surface area (Å²) < 4.78 is 0. The Balaban J connectivity index is 1.83. The van der Waals surface area contributed by atoms with E-state index in [2.05, 4.69) is 15.3 Å².